The molecule has 1 unspecified atom stereocenters. The standard InChI is InChI=1S/C21H20BrClN2O5S/c1-3-29-19(26)11-30-16-6-4-12(8-14(16)22)9-18-20(27)25-21(31-18)24-15-10-13(23)5-7-17(15)28-2/h4-10,21,24H,3,11H2,1-2H3,(H,25,27)/b18-9-. The van der Waals surface area contributed by atoms with Crippen LogP contribution in [0, 0.1) is 0 Å². The molecule has 31 heavy (non-hydrogen) atoms. The Hall–Kier alpha value is -2.36. The van der Waals surface area contributed by atoms with Gasteiger partial charge in [-0.3, -0.25) is 4.79 Å². The van der Waals surface area contributed by atoms with Gasteiger partial charge in [-0.1, -0.05) is 29.4 Å². The number of hydrogen-bond acceptors (Lipinski definition) is 7. The lowest BCUT2D eigenvalue weighted by Crippen LogP contribution is -2.31. The minimum Gasteiger partial charge on any atom is -0.495 e. The highest BCUT2D eigenvalue weighted by Gasteiger charge is 2.28. The summed E-state index contributed by atoms with van der Waals surface area (Å²) >= 11 is 10.8. The van der Waals surface area contributed by atoms with Crippen molar-refractivity contribution >= 4 is 62.9 Å². The van der Waals surface area contributed by atoms with Crippen LogP contribution in [0.4, 0.5) is 5.69 Å². The maximum absolute atomic E-state index is 12.4. The first-order chi connectivity index (χ1) is 14.9. The van der Waals surface area contributed by atoms with Crippen molar-refractivity contribution in [1.82, 2.24) is 5.32 Å². The Morgan fingerprint density at radius 3 is 2.77 bits per heavy atom. The zero-order chi connectivity index (χ0) is 22.4. The van der Waals surface area contributed by atoms with Gasteiger partial charge in [0.25, 0.3) is 5.91 Å². The van der Waals surface area contributed by atoms with Gasteiger partial charge in [0.1, 0.15) is 11.5 Å². The van der Waals surface area contributed by atoms with Gasteiger partial charge >= 0.3 is 5.97 Å². The predicted octanol–water partition coefficient (Wildman–Crippen LogP) is 4.65. The normalized spacial score (nSPS) is 16.7. The molecule has 0 bridgehead atoms. The summed E-state index contributed by atoms with van der Waals surface area (Å²) in [6.07, 6.45) is 1.77. The summed E-state index contributed by atoms with van der Waals surface area (Å²) in [6, 6.07) is 10.6. The molecule has 1 amide bonds. The Morgan fingerprint density at radius 1 is 1.29 bits per heavy atom. The molecule has 1 atom stereocenters. The topological polar surface area (TPSA) is 85.9 Å². The number of ether oxygens (including phenoxy) is 3. The second-order valence-electron chi connectivity index (χ2n) is 6.25. The zero-order valence-corrected chi connectivity index (χ0v) is 19.9. The lowest BCUT2D eigenvalue weighted by atomic mass is 10.2. The van der Waals surface area contributed by atoms with Crippen molar-refractivity contribution in [2.75, 3.05) is 25.6 Å². The van der Waals surface area contributed by atoms with Crippen LogP contribution < -0.4 is 20.1 Å². The van der Waals surface area contributed by atoms with Crippen LogP contribution in [0.2, 0.25) is 5.02 Å². The largest absolute Gasteiger partial charge is 0.495 e. The highest BCUT2D eigenvalue weighted by atomic mass is 79.9. The number of thioether (sulfide) groups is 1. The van der Waals surface area contributed by atoms with Gasteiger partial charge in [0.05, 0.1) is 28.8 Å². The molecule has 0 aliphatic carbocycles. The second-order valence-corrected chi connectivity index (χ2v) is 8.69. The quantitative estimate of drug-likeness (QED) is 0.382. The molecule has 2 aromatic rings. The number of carbonyl (C=O) groups is 2. The molecule has 1 fully saturated rings. The summed E-state index contributed by atoms with van der Waals surface area (Å²) in [4.78, 5) is 24.4. The monoisotopic (exact) mass is 526 g/mol. The van der Waals surface area contributed by atoms with Gasteiger partial charge in [-0.15, -0.1) is 0 Å². The van der Waals surface area contributed by atoms with Gasteiger partial charge < -0.3 is 24.8 Å². The molecule has 164 valence electrons. The molecule has 0 saturated carbocycles. The zero-order valence-electron chi connectivity index (χ0n) is 16.7. The van der Waals surface area contributed by atoms with E-state index in [4.69, 9.17) is 25.8 Å². The molecule has 1 saturated heterocycles. The molecular weight excluding hydrogens is 508 g/mol. The van der Waals surface area contributed by atoms with E-state index in [0.717, 1.165) is 5.56 Å². The van der Waals surface area contributed by atoms with Gasteiger partial charge in [-0.05, 0) is 64.8 Å². The summed E-state index contributed by atoms with van der Waals surface area (Å²) in [7, 11) is 1.57. The summed E-state index contributed by atoms with van der Waals surface area (Å²) < 4.78 is 16.3. The van der Waals surface area contributed by atoms with Crippen LogP contribution in [0.15, 0.2) is 45.8 Å². The summed E-state index contributed by atoms with van der Waals surface area (Å²) in [5, 5.41) is 6.64. The molecule has 2 N–H and O–H groups in total. The van der Waals surface area contributed by atoms with Crippen LogP contribution in [-0.2, 0) is 14.3 Å². The van der Waals surface area contributed by atoms with Crippen molar-refractivity contribution in [1.29, 1.82) is 0 Å². The highest BCUT2D eigenvalue weighted by Crippen LogP contribution is 2.35. The fourth-order valence-electron chi connectivity index (χ4n) is 2.71. The van der Waals surface area contributed by atoms with Gasteiger partial charge in [0.2, 0.25) is 0 Å². The average Bonchev–Trinajstić information content (AvgIpc) is 3.06. The number of halogens is 2. The van der Waals surface area contributed by atoms with Crippen LogP contribution in [0.5, 0.6) is 11.5 Å². The van der Waals surface area contributed by atoms with E-state index in [1.165, 1.54) is 11.8 Å². The summed E-state index contributed by atoms with van der Waals surface area (Å²) in [5.74, 6) is 0.502. The number of anilines is 1. The molecule has 1 heterocycles. The predicted molar refractivity (Wildman–Crippen MR) is 125 cm³/mol. The van der Waals surface area contributed by atoms with E-state index < -0.39 is 5.97 Å². The summed E-state index contributed by atoms with van der Waals surface area (Å²) in [6.45, 7) is 1.86. The number of benzene rings is 2. The lowest BCUT2D eigenvalue weighted by Gasteiger charge is -2.15. The molecule has 1 aliphatic heterocycles. The Morgan fingerprint density at radius 2 is 2.06 bits per heavy atom. The Kier molecular flexibility index (Phi) is 8.11. The van der Waals surface area contributed by atoms with E-state index in [0.29, 0.717) is 38.2 Å². The first-order valence-corrected chi connectivity index (χ1v) is 11.3. The third kappa shape index (κ3) is 6.32. The van der Waals surface area contributed by atoms with E-state index in [9.17, 15) is 9.59 Å². The first-order valence-electron chi connectivity index (χ1n) is 9.27. The molecule has 7 nitrogen and oxygen atoms in total. The first kappa shape index (κ1) is 23.3. The van der Waals surface area contributed by atoms with E-state index in [1.54, 1.807) is 50.4 Å². The highest BCUT2D eigenvalue weighted by molar-refractivity contribution is 9.10. The Labute approximate surface area is 197 Å². The Bertz CT molecular complexity index is 1020. The number of hydrogen-bond donors (Lipinski definition) is 2. The molecule has 3 rings (SSSR count). The number of esters is 1. The third-order valence-corrected chi connectivity index (χ3v) is 5.97. The van der Waals surface area contributed by atoms with E-state index >= 15 is 0 Å². The van der Waals surface area contributed by atoms with Gasteiger partial charge in [0.15, 0.2) is 12.1 Å². The second kappa shape index (κ2) is 10.8. The van der Waals surface area contributed by atoms with Crippen LogP contribution in [0.3, 0.4) is 0 Å². The molecule has 0 aromatic heterocycles. The smallest absolute Gasteiger partial charge is 0.344 e. The molecule has 2 aromatic carbocycles. The van der Waals surface area contributed by atoms with Crippen molar-refractivity contribution < 1.29 is 23.8 Å². The number of amides is 1. The number of rotatable bonds is 8. The van der Waals surface area contributed by atoms with Crippen molar-refractivity contribution in [2.24, 2.45) is 0 Å². The van der Waals surface area contributed by atoms with E-state index in [2.05, 4.69) is 26.6 Å². The van der Waals surface area contributed by atoms with Crippen LogP contribution in [-0.4, -0.2) is 37.7 Å². The third-order valence-electron chi connectivity index (χ3n) is 4.08. The van der Waals surface area contributed by atoms with Gasteiger partial charge in [-0.25, -0.2) is 4.79 Å². The van der Waals surface area contributed by atoms with Crippen molar-refractivity contribution in [2.45, 2.75) is 12.4 Å². The molecule has 0 spiro atoms. The molecular formula is C21H20BrClN2O5S. The van der Waals surface area contributed by atoms with Crippen molar-refractivity contribution in [3.63, 3.8) is 0 Å². The van der Waals surface area contributed by atoms with Gasteiger partial charge in [0, 0.05) is 5.02 Å². The average molecular weight is 528 g/mol. The van der Waals surface area contributed by atoms with Crippen LogP contribution >= 0.6 is 39.3 Å². The molecule has 10 heteroatoms. The van der Waals surface area contributed by atoms with E-state index in [-0.39, 0.29) is 18.0 Å². The number of carbonyl (C=O) groups excluding carboxylic acids is 2. The fraction of sp³-hybridized carbons (Fsp3) is 0.238. The van der Waals surface area contributed by atoms with E-state index in [1.807, 2.05) is 6.07 Å². The molecule has 0 radical (unpaired) electrons. The lowest BCUT2D eigenvalue weighted by molar-refractivity contribution is -0.145. The van der Waals surface area contributed by atoms with Crippen molar-refractivity contribution in [3.05, 3.63) is 56.4 Å². The maximum Gasteiger partial charge on any atom is 0.344 e. The number of nitrogens with one attached hydrogen (secondary N) is 2. The maximum atomic E-state index is 12.4. The summed E-state index contributed by atoms with van der Waals surface area (Å²) in [5.41, 5.74) is 1.11. The minimum absolute atomic E-state index is 0.175. The van der Waals surface area contributed by atoms with Crippen molar-refractivity contribution in [3.8, 4) is 11.5 Å². The fourth-order valence-corrected chi connectivity index (χ4v) is 4.37. The SMILES string of the molecule is CCOC(=O)COc1ccc(/C=C2\SC(Nc3cc(Cl)ccc3OC)NC2=O)cc1Br. The molecule has 1 aliphatic rings. The van der Waals surface area contributed by atoms with Crippen LogP contribution in [0.1, 0.15) is 12.5 Å². The van der Waals surface area contributed by atoms with Crippen LogP contribution in [0.25, 0.3) is 6.08 Å². The number of methoxy groups -OCH3 is 1. The van der Waals surface area contributed by atoms with Gasteiger partial charge in [-0.2, -0.15) is 0 Å². The Balaban J connectivity index is 1.67. The minimum atomic E-state index is -0.436.